The molecular weight excluding hydrogens is 361 g/mol. The van der Waals surface area contributed by atoms with Gasteiger partial charge in [-0.05, 0) is 37.6 Å². The summed E-state index contributed by atoms with van der Waals surface area (Å²) in [4.78, 5) is -0.0836. The van der Waals surface area contributed by atoms with Crippen molar-refractivity contribution in [3.63, 3.8) is 0 Å². The lowest BCUT2D eigenvalue weighted by atomic mass is 10.1. The van der Waals surface area contributed by atoms with Crippen molar-refractivity contribution in [2.75, 3.05) is 13.1 Å². The van der Waals surface area contributed by atoms with Crippen LogP contribution < -0.4 is 14.8 Å². The summed E-state index contributed by atoms with van der Waals surface area (Å²) >= 11 is 5.76. The first-order valence-electron chi connectivity index (χ1n) is 6.36. The highest BCUT2D eigenvalue weighted by atomic mass is 35.5. The van der Waals surface area contributed by atoms with E-state index < -0.39 is 16.6 Å². The number of alkyl halides is 2. The molecule has 22 heavy (non-hydrogen) atoms. The highest BCUT2D eigenvalue weighted by molar-refractivity contribution is 7.89. The van der Waals surface area contributed by atoms with E-state index in [2.05, 4.69) is 14.8 Å². The van der Waals surface area contributed by atoms with Gasteiger partial charge in [0.25, 0.3) is 0 Å². The van der Waals surface area contributed by atoms with Crippen LogP contribution in [0.25, 0.3) is 0 Å². The summed E-state index contributed by atoms with van der Waals surface area (Å²) in [5.41, 5.74) is 0. The van der Waals surface area contributed by atoms with Crippen molar-refractivity contribution in [2.45, 2.75) is 30.4 Å². The minimum absolute atomic E-state index is 0. The number of hydrogen-bond donors (Lipinski definition) is 2. The lowest BCUT2D eigenvalue weighted by molar-refractivity contribution is -0.0498. The van der Waals surface area contributed by atoms with Crippen molar-refractivity contribution < 1.29 is 21.9 Å². The number of piperidine rings is 1. The number of ether oxygens (including phenoxy) is 1. The normalized spacial score (nSPS) is 18.8. The number of nitrogens with one attached hydrogen (secondary N) is 2. The van der Waals surface area contributed by atoms with Gasteiger partial charge in [-0.3, -0.25) is 0 Å². The topological polar surface area (TPSA) is 67.4 Å². The minimum Gasteiger partial charge on any atom is -0.433 e. The van der Waals surface area contributed by atoms with Crippen LogP contribution in [0.15, 0.2) is 23.1 Å². The van der Waals surface area contributed by atoms with Crippen LogP contribution in [0.3, 0.4) is 0 Å². The molecule has 1 aromatic carbocycles. The zero-order chi connectivity index (χ0) is 15.5. The molecule has 0 amide bonds. The van der Waals surface area contributed by atoms with Gasteiger partial charge in [0.1, 0.15) is 5.75 Å². The highest BCUT2D eigenvalue weighted by Gasteiger charge is 2.22. The van der Waals surface area contributed by atoms with E-state index in [4.69, 9.17) is 11.6 Å². The lowest BCUT2D eigenvalue weighted by Crippen LogP contribution is -2.45. The Morgan fingerprint density at radius 3 is 2.68 bits per heavy atom. The van der Waals surface area contributed by atoms with Crippen molar-refractivity contribution in [3.8, 4) is 5.75 Å². The first-order chi connectivity index (χ1) is 9.88. The predicted molar refractivity (Wildman–Crippen MR) is 81.5 cm³/mol. The first kappa shape index (κ1) is 19.4. The molecule has 126 valence electrons. The Labute approximate surface area is 138 Å². The molecule has 0 aliphatic carbocycles. The largest absolute Gasteiger partial charge is 0.433 e. The molecule has 1 atom stereocenters. The molecule has 1 saturated heterocycles. The zero-order valence-corrected chi connectivity index (χ0v) is 13.8. The Morgan fingerprint density at radius 2 is 2.14 bits per heavy atom. The van der Waals surface area contributed by atoms with Crippen molar-refractivity contribution >= 4 is 34.0 Å². The van der Waals surface area contributed by atoms with E-state index in [1.54, 1.807) is 0 Å². The fourth-order valence-corrected chi connectivity index (χ4v) is 3.67. The van der Waals surface area contributed by atoms with Crippen molar-refractivity contribution in [1.82, 2.24) is 10.0 Å². The van der Waals surface area contributed by atoms with E-state index in [0.29, 0.717) is 6.54 Å². The van der Waals surface area contributed by atoms with Gasteiger partial charge < -0.3 is 10.1 Å². The van der Waals surface area contributed by atoms with E-state index in [0.717, 1.165) is 31.5 Å². The Kier molecular flexibility index (Phi) is 7.27. The van der Waals surface area contributed by atoms with Gasteiger partial charge in [0.05, 0.1) is 9.92 Å². The van der Waals surface area contributed by atoms with Gasteiger partial charge in [0.2, 0.25) is 10.0 Å². The minimum atomic E-state index is -3.75. The van der Waals surface area contributed by atoms with Crippen LogP contribution in [-0.4, -0.2) is 34.2 Å². The molecule has 0 radical (unpaired) electrons. The van der Waals surface area contributed by atoms with Crippen LogP contribution in [0.2, 0.25) is 5.02 Å². The molecule has 1 unspecified atom stereocenters. The smallest absolute Gasteiger partial charge is 0.387 e. The fourth-order valence-electron chi connectivity index (χ4n) is 2.08. The monoisotopic (exact) mass is 376 g/mol. The molecule has 1 heterocycles. The molecular formula is C12H16Cl2F2N2O3S. The Hall–Kier alpha value is -0.670. The van der Waals surface area contributed by atoms with Crippen molar-refractivity contribution in [2.24, 2.45) is 0 Å². The third kappa shape index (κ3) is 5.20. The van der Waals surface area contributed by atoms with Crippen LogP contribution >= 0.6 is 24.0 Å². The van der Waals surface area contributed by atoms with E-state index in [9.17, 15) is 17.2 Å². The second kappa shape index (κ2) is 8.26. The molecule has 0 bridgehead atoms. The first-order valence-corrected chi connectivity index (χ1v) is 8.22. The second-order valence-corrected chi connectivity index (χ2v) is 6.76. The van der Waals surface area contributed by atoms with E-state index in [1.165, 1.54) is 6.07 Å². The van der Waals surface area contributed by atoms with Crippen molar-refractivity contribution in [1.29, 1.82) is 0 Å². The summed E-state index contributed by atoms with van der Waals surface area (Å²) in [6, 6.07) is 3.20. The molecule has 1 aliphatic heterocycles. The number of sulfonamides is 1. The third-order valence-corrected chi connectivity index (χ3v) is 4.86. The van der Waals surface area contributed by atoms with Gasteiger partial charge in [0, 0.05) is 12.6 Å². The fraction of sp³-hybridized carbons (Fsp3) is 0.500. The van der Waals surface area contributed by atoms with Crippen LogP contribution in [-0.2, 0) is 10.0 Å². The molecule has 1 aromatic rings. The summed E-state index contributed by atoms with van der Waals surface area (Å²) in [5, 5.41) is 2.91. The van der Waals surface area contributed by atoms with E-state index in [1.807, 2.05) is 0 Å². The van der Waals surface area contributed by atoms with Gasteiger partial charge in [-0.1, -0.05) is 11.6 Å². The maximum absolute atomic E-state index is 12.2. The standard InChI is InChI=1S/C12H15ClF2N2O3S.ClH/c13-10-6-9(3-4-11(10)20-12(14)15)21(18,19)17-8-2-1-5-16-7-8;/h3-4,6,8,12,16-17H,1-2,5,7H2;1H. The van der Waals surface area contributed by atoms with Gasteiger partial charge in [-0.2, -0.15) is 8.78 Å². The van der Waals surface area contributed by atoms with Crippen LogP contribution in [0.5, 0.6) is 5.75 Å². The Balaban J connectivity index is 0.00000242. The predicted octanol–water partition coefficient (Wildman–Crippen LogP) is 2.39. The van der Waals surface area contributed by atoms with E-state index in [-0.39, 0.29) is 34.1 Å². The second-order valence-electron chi connectivity index (χ2n) is 4.64. The summed E-state index contributed by atoms with van der Waals surface area (Å²) < 4.78 is 55.4. The maximum atomic E-state index is 12.2. The molecule has 0 spiro atoms. The molecule has 1 aliphatic rings. The molecule has 0 saturated carbocycles. The van der Waals surface area contributed by atoms with Crippen LogP contribution in [0.1, 0.15) is 12.8 Å². The lowest BCUT2D eigenvalue weighted by Gasteiger charge is -2.23. The number of hydrogen-bond acceptors (Lipinski definition) is 4. The van der Waals surface area contributed by atoms with Gasteiger partial charge in [-0.25, -0.2) is 13.1 Å². The molecule has 0 aromatic heterocycles. The summed E-state index contributed by atoms with van der Waals surface area (Å²) in [7, 11) is -3.75. The Bertz CT molecular complexity index is 596. The molecule has 10 heteroatoms. The van der Waals surface area contributed by atoms with Crippen molar-refractivity contribution in [3.05, 3.63) is 23.2 Å². The molecule has 2 rings (SSSR count). The quantitative estimate of drug-likeness (QED) is 0.827. The summed E-state index contributed by atoms with van der Waals surface area (Å²) in [6.07, 6.45) is 1.63. The number of rotatable bonds is 5. The number of benzene rings is 1. The van der Waals surface area contributed by atoms with Gasteiger partial charge >= 0.3 is 6.61 Å². The SMILES string of the molecule is Cl.O=S(=O)(NC1CCCNC1)c1ccc(OC(F)F)c(Cl)c1. The average Bonchev–Trinajstić information content (AvgIpc) is 2.41. The molecule has 1 fully saturated rings. The van der Waals surface area contributed by atoms with Gasteiger partial charge in [-0.15, -0.1) is 12.4 Å². The highest BCUT2D eigenvalue weighted by Crippen LogP contribution is 2.28. The summed E-state index contributed by atoms with van der Waals surface area (Å²) in [6.45, 7) is -1.60. The number of halogens is 4. The zero-order valence-electron chi connectivity index (χ0n) is 11.4. The summed E-state index contributed by atoms with van der Waals surface area (Å²) in [5.74, 6) is -0.259. The average molecular weight is 377 g/mol. The van der Waals surface area contributed by atoms with Crippen LogP contribution in [0.4, 0.5) is 8.78 Å². The van der Waals surface area contributed by atoms with Gasteiger partial charge in [0.15, 0.2) is 0 Å². The van der Waals surface area contributed by atoms with E-state index >= 15 is 0 Å². The molecule has 2 N–H and O–H groups in total. The maximum Gasteiger partial charge on any atom is 0.387 e. The third-order valence-electron chi connectivity index (χ3n) is 3.05. The molecule has 5 nitrogen and oxygen atoms in total. The Morgan fingerprint density at radius 1 is 1.41 bits per heavy atom. The van der Waals surface area contributed by atoms with Crippen LogP contribution in [0, 0.1) is 0 Å².